The third kappa shape index (κ3) is 5.26. The first-order valence-corrected chi connectivity index (χ1v) is 8.62. The van der Waals surface area contributed by atoms with E-state index in [1.54, 1.807) is 35.1 Å². The van der Waals surface area contributed by atoms with Crippen LogP contribution in [0, 0.1) is 11.3 Å². The highest BCUT2D eigenvalue weighted by Gasteiger charge is 2.30. The van der Waals surface area contributed by atoms with Crippen molar-refractivity contribution in [2.75, 3.05) is 6.61 Å². The number of nitriles is 1. The van der Waals surface area contributed by atoms with Gasteiger partial charge in [-0.25, -0.2) is 4.68 Å². The number of nitrogens with one attached hydrogen (secondary N) is 1. The van der Waals surface area contributed by atoms with E-state index < -0.39 is 12.2 Å². The van der Waals surface area contributed by atoms with E-state index in [4.69, 9.17) is 14.7 Å². The number of carbonyl (C=O) groups is 1. The Bertz CT molecular complexity index is 814. The highest BCUT2D eigenvalue weighted by Crippen LogP contribution is 2.17. The summed E-state index contributed by atoms with van der Waals surface area (Å²) >= 11 is 0. The van der Waals surface area contributed by atoms with Crippen molar-refractivity contribution in [1.82, 2.24) is 20.3 Å². The number of aliphatic hydroxyl groups excluding tert-OH is 1. The van der Waals surface area contributed by atoms with Crippen LogP contribution in [0.2, 0.25) is 0 Å². The number of benzene rings is 1. The third-order valence-electron chi connectivity index (χ3n) is 4.20. The van der Waals surface area contributed by atoms with E-state index in [1.807, 2.05) is 0 Å². The summed E-state index contributed by atoms with van der Waals surface area (Å²) in [6.07, 6.45) is 1.06. The van der Waals surface area contributed by atoms with Gasteiger partial charge in [-0.05, 0) is 30.7 Å². The number of amides is 1. The van der Waals surface area contributed by atoms with Crippen LogP contribution in [0.3, 0.4) is 0 Å². The Morgan fingerprint density at radius 2 is 2.26 bits per heavy atom. The Labute approximate surface area is 156 Å². The quantitative estimate of drug-likeness (QED) is 0.753. The van der Waals surface area contributed by atoms with E-state index >= 15 is 0 Å². The van der Waals surface area contributed by atoms with Gasteiger partial charge in [0.25, 0.3) is 0 Å². The van der Waals surface area contributed by atoms with Crippen LogP contribution in [-0.2, 0) is 22.7 Å². The van der Waals surface area contributed by atoms with Crippen molar-refractivity contribution in [3.8, 4) is 11.8 Å². The molecule has 9 nitrogen and oxygen atoms in total. The second-order valence-electron chi connectivity index (χ2n) is 6.43. The van der Waals surface area contributed by atoms with Crippen molar-refractivity contribution < 1.29 is 19.4 Å². The Hall–Kier alpha value is -2.96. The summed E-state index contributed by atoms with van der Waals surface area (Å²) < 4.78 is 12.9. The van der Waals surface area contributed by atoms with Gasteiger partial charge in [-0.2, -0.15) is 5.26 Å². The molecule has 27 heavy (non-hydrogen) atoms. The maximum atomic E-state index is 11.1. The molecular formula is C18H21N5O4. The van der Waals surface area contributed by atoms with Gasteiger partial charge in [0, 0.05) is 6.92 Å². The SMILES string of the molecule is CC(=O)N[C@H]1COC(Cn2cc(COc3ccc(C#N)cc3)nn2)[C@H](O)C1. The maximum absolute atomic E-state index is 11.1. The van der Waals surface area contributed by atoms with E-state index in [0.717, 1.165) is 0 Å². The molecule has 1 aliphatic rings. The fraction of sp³-hybridized carbons (Fsp3) is 0.444. The molecule has 0 spiro atoms. The molecule has 142 valence electrons. The monoisotopic (exact) mass is 371 g/mol. The van der Waals surface area contributed by atoms with Crippen molar-refractivity contribution in [1.29, 1.82) is 5.26 Å². The largest absolute Gasteiger partial charge is 0.487 e. The number of ether oxygens (including phenoxy) is 2. The normalized spacial score (nSPS) is 22.0. The fourth-order valence-electron chi connectivity index (χ4n) is 2.89. The van der Waals surface area contributed by atoms with Crippen LogP contribution >= 0.6 is 0 Å². The lowest BCUT2D eigenvalue weighted by atomic mass is 10.0. The zero-order valence-electron chi connectivity index (χ0n) is 14.9. The lowest BCUT2D eigenvalue weighted by molar-refractivity contribution is -0.125. The predicted molar refractivity (Wildman–Crippen MR) is 93.5 cm³/mol. The van der Waals surface area contributed by atoms with E-state index in [0.29, 0.717) is 36.6 Å². The minimum Gasteiger partial charge on any atom is -0.487 e. The number of hydrogen-bond acceptors (Lipinski definition) is 7. The lowest BCUT2D eigenvalue weighted by Crippen LogP contribution is -2.49. The fourth-order valence-corrected chi connectivity index (χ4v) is 2.89. The average Bonchev–Trinajstić information content (AvgIpc) is 3.10. The summed E-state index contributed by atoms with van der Waals surface area (Å²) in [6, 6.07) is 8.68. The van der Waals surface area contributed by atoms with Crippen molar-refractivity contribution >= 4 is 5.91 Å². The van der Waals surface area contributed by atoms with Crippen LogP contribution in [0.4, 0.5) is 0 Å². The maximum Gasteiger partial charge on any atom is 0.217 e. The van der Waals surface area contributed by atoms with Crippen LogP contribution < -0.4 is 10.1 Å². The van der Waals surface area contributed by atoms with Crippen molar-refractivity contribution in [3.63, 3.8) is 0 Å². The summed E-state index contributed by atoms with van der Waals surface area (Å²) in [5, 5.41) is 29.8. The molecule has 2 N–H and O–H groups in total. The van der Waals surface area contributed by atoms with Gasteiger partial charge in [-0.3, -0.25) is 4.79 Å². The molecular weight excluding hydrogens is 350 g/mol. The first-order valence-electron chi connectivity index (χ1n) is 8.62. The molecule has 0 aliphatic carbocycles. The molecule has 1 unspecified atom stereocenters. The molecule has 3 atom stereocenters. The first-order chi connectivity index (χ1) is 13.0. The molecule has 1 amide bonds. The second-order valence-corrected chi connectivity index (χ2v) is 6.43. The van der Waals surface area contributed by atoms with Crippen molar-refractivity contribution in [2.24, 2.45) is 0 Å². The van der Waals surface area contributed by atoms with Crippen LogP contribution in [0.1, 0.15) is 24.6 Å². The molecule has 0 saturated carbocycles. The second kappa shape index (κ2) is 8.62. The molecule has 1 aromatic heterocycles. The van der Waals surface area contributed by atoms with Crippen LogP contribution in [-0.4, -0.2) is 50.9 Å². The smallest absolute Gasteiger partial charge is 0.217 e. The van der Waals surface area contributed by atoms with Gasteiger partial charge in [-0.1, -0.05) is 5.21 Å². The summed E-state index contributed by atoms with van der Waals surface area (Å²) in [4.78, 5) is 11.1. The summed E-state index contributed by atoms with van der Waals surface area (Å²) in [5.74, 6) is 0.496. The Morgan fingerprint density at radius 1 is 1.48 bits per heavy atom. The van der Waals surface area contributed by atoms with E-state index in [1.165, 1.54) is 6.92 Å². The van der Waals surface area contributed by atoms with Gasteiger partial charge in [0.1, 0.15) is 24.2 Å². The zero-order chi connectivity index (χ0) is 19.2. The van der Waals surface area contributed by atoms with Gasteiger partial charge in [0.05, 0.1) is 43.1 Å². The van der Waals surface area contributed by atoms with Gasteiger partial charge >= 0.3 is 0 Å². The summed E-state index contributed by atoms with van der Waals surface area (Å²) in [5.41, 5.74) is 1.21. The third-order valence-corrected chi connectivity index (χ3v) is 4.20. The van der Waals surface area contributed by atoms with E-state index in [9.17, 15) is 9.90 Å². The number of aliphatic hydroxyl groups is 1. The van der Waals surface area contributed by atoms with E-state index in [2.05, 4.69) is 21.7 Å². The van der Waals surface area contributed by atoms with Gasteiger partial charge in [0.15, 0.2) is 0 Å². The van der Waals surface area contributed by atoms with Crippen LogP contribution in [0.15, 0.2) is 30.5 Å². The number of carbonyl (C=O) groups excluding carboxylic acids is 1. The molecule has 0 bridgehead atoms. The number of aromatic nitrogens is 3. The molecule has 9 heteroatoms. The molecule has 1 aliphatic heterocycles. The highest BCUT2D eigenvalue weighted by atomic mass is 16.5. The van der Waals surface area contributed by atoms with Crippen molar-refractivity contribution in [3.05, 3.63) is 41.7 Å². The van der Waals surface area contributed by atoms with Gasteiger partial charge in [-0.15, -0.1) is 5.10 Å². The highest BCUT2D eigenvalue weighted by molar-refractivity contribution is 5.73. The predicted octanol–water partition coefficient (Wildman–Crippen LogP) is 0.383. The number of hydrogen-bond donors (Lipinski definition) is 2. The van der Waals surface area contributed by atoms with E-state index in [-0.39, 0.29) is 18.6 Å². The van der Waals surface area contributed by atoms with Gasteiger partial charge in [0.2, 0.25) is 5.91 Å². The molecule has 2 heterocycles. The first kappa shape index (κ1) is 18.8. The summed E-state index contributed by atoms with van der Waals surface area (Å²) in [6.45, 7) is 2.39. The van der Waals surface area contributed by atoms with Gasteiger partial charge < -0.3 is 19.9 Å². The zero-order valence-corrected chi connectivity index (χ0v) is 14.9. The molecule has 1 aromatic carbocycles. The molecule has 1 fully saturated rings. The van der Waals surface area contributed by atoms with Crippen LogP contribution in [0.5, 0.6) is 5.75 Å². The standard InChI is InChI=1S/C18H21N5O4/c1-12(24)20-14-6-17(25)18(27-10-14)9-23-8-15(21-22-23)11-26-16-4-2-13(7-19)3-5-16/h2-5,8,14,17-18,25H,6,9-11H2,1H3,(H,20,24)/t14-,17-,18?/m1/s1. The van der Waals surface area contributed by atoms with Crippen LogP contribution in [0.25, 0.3) is 0 Å². The minimum absolute atomic E-state index is 0.141. The Balaban J connectivity index is 1.49. The minimum atomic E-state index is -0.696. The Morgan fingerprint density at radius 3 is 2.93 bits per heavy atom. The van der Waals surface area contributed by atoms with Crippen molar-refractivity contribution in [2.45, 2.75) is 44.7 Å². The Kier molecular flexibility index (Phi) is 6.01. The number of nitrogens with zero attached hydrogens (tertiary/aromatic N) is 4. The average molecular weight is 371 g/mol. The lowest BCUT2D eigenvalue weighted by Gasteiger charge is -2.33. The summed E-state index contributed by atoms with van der Waals surface area (Å²) in [7, 11) is 0. The topological polar surface area (TPSA) is 122 Å². The molecule has 3 rings (SSSR count). The number of rotatable bonds is 6. The molecule has 0 radical (unpaired) electrons. The molecule has 2 aromatic rings. The molecule has 1 saturated heterocycles.